The maximum Gasteiger partial charge on any atom is 0.151 e. The number of rotatable bonds is 3. The van der Waals surface area contributed by atoms with Gasteiger partial charge in [0, 0.05) is 13.1 Å². The van der Waals surface area contributed by atoms with Crippen molar-refractivity contribution in [2.75, 3.05) is 26.7 Å². The first kappa shape index (κ1) is 13.8. The van der Waals surface area contributed by atoms with Crippen LogP contribution in [0.25, 0.3) is 11.0 Å². The van der Waals surface area contributed by atoms with E-state index in [4.69, 9.17) is 16.3 Å². The van der Waals surface area contributed by atoms with E-state index in [1.54, 1.807) is 6.07 Å². The summed E-state index contributed by atoms with van der Waals surface area (Å²) in [6.45, 7) is 3.17. The van der Waals surface area contributed by atoms with Crippen LogP contribution in [0.15, 0.2) is 18.2 Å². The van der Waals surface area contributed by atoms with Crippen LogP contribution in [0.2, 0.25) is 0 Å². The van der Waals surface area contributed by atoms with Crippen LogP contribution in [0.5, 0.6) is 0 Å². The minimum atomic E-state index is -0.311. The predicted octanol–water partition coefficient (Wildman–Crippen LogP) is 2.24. The third kappa shape index (κ3) is 2.53. The quantitative estimate of drug-likeness (QED) is 0.814. The van der Waals surface area contributed by atoms with E-state index in [1.807, 2.05) is 10.6 Å². The van der Waals surface area contributed by atoms with Crippen molar-refractivity contribution in [1.29, 1.82) is 0 Å². The van der Waals surface area contributed by atoms with Crippen molar-refractivity contribution < 1.29 is 9.13 Å². The largest absolute Gasteiger partial charge is 0.374 e. The van der Waals surface area contributed by atoms with E-state index in [0.717, 1.165) is 25.2 Å². The van der Waals surface area contributed by atoms with E-state index >= 15 is 0 Å². The number of para-hydroxylation sites is 1. The Bertz CT molecular complexity index is 616. The highest BCUT2D eigenvalue weighted by Crippen LogP contribution is 2.21. The summed E-state index contributed by atoms with van der Waals surface area (Å²) in [6, 6.07) is 4.98. The first-order valence-electron chi connectivity index (χ1n) is 6.69. The van der Waals surface area contributed by atoms with E-state index < -0.39 is 0 Å². The molecule has 1 saturated heterocycles. The Balaban J connectivity index is 1.95. The molecule has 6 heteroatoms. The van der Waals surface area contributed by atoms with Gasteiger partial charge in [0.15, 0.2) is 5.82 Å². The topological polar surface area (TPSA) is 30.3 Å². The first-order valence-corrected chi connectivity index (χ1v) is 7.22. The molecule has 20 heavy (non-hydrogen) atoms. The minimum absolute atomic E-state index is 0.0800. The maximum atomic E-state index is 13.8. The van der Waals surface area contributed by atoms with Crippen molar-refractivity contribution >= 4 is 22.6 Å². The number of benzene rings is 1. The molecule has 1 aromatic heterocycles. The van der Waals surface area contributed by atoms with Gasteiger partial charge in [-0.2, -0.15) is 0 Å². The number of nitrogens with zero attached hydrogens (tertiary/aromatic N) is 3. The molecule has 1 aromatic carbocycles. The van der Waals surface area contributed by atoms with Gasteiger partial charge < -0.3 is 14.2 Å². The lowest BCUT2D eigenvalue weighted by Gasteiger charge is -2.30. The molecule has 1 atom stereocenters. The monoisotopic (exact) mass is 297 g/mol. The summed E-state index contributed by atoms with van der Waals surface area (Å²) >= 11 is 5.95. The third-order valence-electron chi connectivity index (χ3n) is 3.66. The fourth-order valence-corrected chi connectivity index (χ4v) is 2.85. The molecule has 1 aliphatic heterocycles. The summed E-state index contributed by atoms with van der Waals surface area (Å²) in [5.74, 6) is 0.634. The lowest BCUT2D eigenvalue weighted by molar-refractivity contribution is -0.0272. The second-order valence-corrected chi connectivity index (χ2v) is 5.40. The number of hydrogen-bond donors (Lipinski definition) is 0. The Morgan fingerprint density at radius 3 is 3.10 bits per heavy atom. The van der Waals surface area contributed by atoms with Crippen molar-refractivity contribution in [3.63, 3.8) is 0 Å². The predicted molar refractivity (Wildman–Crippen MR) is 76.5 cm³/mol. The molecule has 2 heterocycles. The van der Waals surface area contributed by atoms with E-state index in [2.05, 4.69) is 16.9 Å². The zero-order valence-electron chi connectivity index (χ0n) is 11.4. The molecule has 3 rings (SSSR count). The second kappa shape index (κ2) is 5.68. The van der Waals surface area contributed by atoms with Crippen LogP contribution in [0.3, 0.4) is 0 Å². The summed E-state index contributed by atoms with van der Waals surface area (Å²) in [4.78, 5) is 6.53. The Morgan fingerprint density at radius 1 is 1.50 bits per heavy atom. The summed E-state index contributed by atoms with van der Waals surface area (Å²) in [7, 11) is 2.07. The van der Waals surface area contributed by atoms with Crippen molar-refractivity contribution in [3.8, 4) is 0 Å². The van der Waals surface area contributed by atoms with Crippen LogP contribution in [0.1, 0.15) is 5.82 Å². The first-order chi connectivity index (χ1) is 9.69. The van der Waals surface area contributed by atoms with Crippen LogP contribution >= 0.6 is 11.6 Å². The number of likely N-dealkylation sites (N-methyl/N-ethyl adjacent to an activating group) is 1. The number of imidazole rings is 1. The molecule has 2 aromatic rings. The van der Waals surface area contributed by atoms with Crippen LogP contribution < -0.4 is 0 Å². The molecule has 1 aliphatic rings. The lowest BCUT2D eigenvalue weighted by Crippen LogP contribution is -2.42. The van der Waals surface area contributed by atoms with Crippen LogP contribution in [-0.4, -0.2) is 47.3 Å². The normalized spacial score (nSPS) is 20.6. The van der Waals surface area contributed by atoms with Crippen LogP contribution in [0.4, 0.5) is 4.39 Å². The highest BCUT2D eigenvalue weighted by atomic mass is 35.5. The summed E-state index contributed by atoms with van der Waals surface area (Å²) in [5.41, 5.74) is 1.16. The lowest BCUT2D eigenvalue weighted by atomic mass is 10.2. The van der Waals surface area contributed by atoms with Gasteiger partial charge in [-0.05, 0) is 19.2 Å². The van der Waals surface area contributed by atoms with Crippen LogP contribution in [-0.2, 0) is 17.2 Å². The molecule has 0 N–H and O–H groups in total. The number of fused-ring (bicyclic) bond motifs is 1. The van der Waals surface area contributed by atoms with E-state index in [-0.39, 0.29) is 17.8 Å². The molecule has 0 radical (unpaired) electrons. The highest BCUT2D eigenvalue weighted by Gasteiger charge is 2.21. The Kier molecular flexibility index (Phi) is 3.92. The van der Waals surface area contributed by atoms with Gasteiger partial charge in [-0.1, -0.05) is 6.07 Å². The molecule has 0 amide bonds. The maximum absolute atomic E-state index is 13.8. The van der Waals surface area contributed by atoms with Crippen LogP contribution in [0, 0.1) is 5.82 Å². The molecule has 1 unspecified atom stereocenters. The van der Waals surface area contributed by atoms with Gasteiger partial charge in [0.25, 0.3) is 0 Å². The van der Waals surface area contributed by atoms with Gasteiger partial charge in [-0.3, -0.25) is 0 Å². The van der Waals surface area contributed by atoms with Gasteiger partial charge in [0.2, 0.25) is 0 Å². The van der Waals surface area contributed by atoms with Crippen molar-refractivity contribution in [2.24, 2.45) is 0 Å². The summed E-state index contributed by atoms with van der Waals surface area (Å²) < 4.78 is 21.5. The molecule has 0 aliphatic carbocycles. The second-order valence-electron chi connectivity index (χ2n) is 5.13. The molecule has 1 fully saturated rings. The van der Waals surface area contributed by atoms with E-state index in [1.165, 1.54) is 6.07 Å². The average Bonchev–Trinajstić information content (AvgIpc) is 2.79. The van der Waals surface area contributed by atoms with Gasteiger partial charge in [0.1, 0.15) is 11.3 Å². The van der Waals surface area contributed by atoms with Gasteiger partial charge >= 0.3 is 0 Å². The van der Waals surface area contributed by atoms with E-state index in [0.29, 0.717) is 17.9 Å². The van der Waals surface area contributed by atoms with Gasteiger partial charge in [0.05, 0.1) is 30.7 Å². The number of alkyl halides is 1. The van der Waals surface area contributed by atoms with Crippen molar-refractivity contribution in [2.45, 2.75) is 18.5 Å². The van der Waals surface area contributed by atoms with Gasteiger partial charge in [-0.25, -0.2) is 9.37 Å². The number of aromatic nitrogens is 2. The fourth-order valence-electron chi connectivity index (χ4n) is 2.65. The molecule has 0 bridgehead atoms. The zero-order chi connectivity index (χ0) is 14.1. The fraction of sp³-hybridized carbons (Fsp3) is 0.500. The van der Waals surface area contributed by atoms with Crippen molar-refractivity contribution in [3.05, 3.63) is 29.8 Å². The summed E-state index contributed by atoms with van der Waals surface area (Å²) in [5, 5.41) is 0. The number of halogens is 2. The van der Waals surface area contributed by atoms with Crippen molar-refractivity contribution in [1.82, 2.24) is 14.5 Å². The summed E-state index contributed by atoms with van der Waals surface area (Å²) in [6.07, 6.45) is 0.0800. The Hall–Kier alpha value is -1.17. The zero-order valence-corrected chi connectivity index (χ0v) is 12.1. The molecule has 4 nitrogen and oxygen atoms in total. The van der Waals surface area contributed by atoms with E-state index in [9.17, 15) is 4.39 Å². The highest BCUT2D eigenvalue weighted by molar-refractivity contribution is 6.16. The Morgan fingerprint density at radius 2 is 2.35 bits per heavy atom. The average molecular weight is 298 g/mol. The molecule has 0 spiro atoms. The molecular formula is C14H17ClFN3O. The minimum Gasteiger partial charge on any atom is -0.374 e. The molecule has 108 valence electrons. The third-order valence-corrected chi connectivity index (χ3v) is 3.90. The smallest absolute Gasteiger partial charge is 0.151 e. The number of ether oxygens (including phenoxy) is 1. The Labute approximate surface area is 122 Å². The number of hydrogen-bond acceptors (Lipinski definition) is 3. The van der Waals surface area contributed by atoms with Gasteiger partial charge in [-0.15, -0.1) is 11.6 Å². The number of morpholine rings is 1. The standard InChI is InChI=1S/C14H17ClFN3O/c1-18-5-6-20-10(8-18)9-19-12-4-2-3-11(16)14(12)17-13(19)7-15/h2-4,10H,5-9H2,1H3. The SMILES string of the molecule is CN1CCOC(Cn2c(CCl)nc3c(F)cccc32)C1. The molecule has 0 saturated carbocycles. The molecular weight excluding hydrogens is 281 g/mol.